The quantitative estimate of drug-likeness (QED) is 0.828. The molecule has 0 amide bonds. The third-order valence-electron chi connectivity index (χ3n) is 2.77. The van der Waals surface area contributed by atoms with Gasteiger partial charge in [0.15, 0.2) is 0 Å². The fourth-order valence-corrected chi connectivity index (χ4v) is 2.85. The highest BCUT2D eigenvalue weighted by atomic mass is 32.2. The Labute approximate surface area is 109 Å². The van der Waals surface area contributed by atoms with Gasteiger partial charge in [-0.3, -0.25) is 0 Å². The average molecular weight is 271 g/mol. The normalized spacial score (nSPS) is 13.3. The minimum atomic E-state index is -3.40. The second-order valence-electron chi connectivity index (χ2n) is 4.42. The Kier molecular flexibility index (Phi) is 5.62. The molecule has 1 unspecified atom stereocenters. The van der Waals surface area contributed by atoms with Gasteiger partial charge >= 0.3 is 0 Å². The number of nitrogens with one attached hydrogen (secondary N) is 1. The van der Waals surface area contributed by atoms with Crippen LogP contribution in [0, 0.1) is 5.92 Å². The van der Waals surface area contributed by atoms with Crippen LogP contribution < -0.4 is 9.46 Å². The van der Waals surface area contributed by atoms with E-state index in [1.165, 1.54) is 0 Å². The van der Waals surface area contributed by atoms with Crippen LogP contribution in [0.4, 0.5) is 0 Å². The molecule has 102 valence electrons. The zero-order valence-corrected chi connectivity index (χ0v) is 12.0. The Morgan fingerprint density at radius 2 is 1.89 bits per heavy atom. The lowest BCUT2D eigenvalue weighted by atomic mass is 10.1. The summed E-state index contributed by atoms with van der Waals surface area (Å²) in [4.78, 5) is 0.270. The van der Waals surface area contributed by atoms with Gasteiger partial charge in [-0.25, -0.2) is 13.1 Å². The van der Waals surface area contributed by atoms with Crippen molar-refractivity contribution in [2.24, 2.45) is 5.92 Å². The molecule has 4 nitrogen and oxygen atoms in total. The first-order chi connectivity index (χ1) is 8.49. The van der Waals surface area contributed by atoms with Crippen LogP contribution in [0.15, 0.2) is 29.2 Å². The maximum Gasteiger partial charge on any atom is 0.240 e. The molecular formula is C13H21NO3S. The van der Waals surface area contributed by atoms with Crippen molar-refractivity contribution in [2.75, 3.05) is 13.7 Å². The maximum atomic E-state index is 12.0. The summed E-state index contributed by atoms with van der Waals surface area (Å²) in [5, 5.41) is 0. The van der Waals surface area contributed by atoms with Gasteiger partial charge in [0.1, 0.15) is 5.75 Å². The first-order valence-corrected chi connectivity index (χ1v) is 7.61. The van der Waals surface area contributed by atoms with Crippen molar-refractivity contribution in [1.82, 2.24) is 4.72 Å². The molecule has 0 aromatic heterocycles. The van der Waals surface area contributed by atoms with Crippen molar-refractivity contribution in [1.29, 1.82) is 0 Å². The Morgan fingerprint density at radius 1 is 1.28 bits per heavy atom. The van der Waals surface area contributed by atoms with Gasteiger partial charge in [-0.1, -0.05) is 20.3 Å². The van der Waals surface area contributed by atoms with E-state index in [2.05, 4.69) is 11.6 Å². The van der Waals surface area contributed by atoms with Gasteiger partial charge < -0.3 is 4.74 Å². The molecule has 0 aliphatic heterocycles. The van der Waals surface area contributed by atoms with Crippen molar-refractivity contribution in [3.05, 3.63) is 24.3 Å². The fourth-order valence-electron chi connectivity index (χ4n) is 1.69. The topological polar surface area (TPSA) is 55.4 Å². The van der Waals surface area contributed by atoms with Gasteiger partial charge in [0.05, 0.1) is 12.0 Å². The van der Waals surface area contributed by atoms with Gasteiger partial charge in [0, 0.05) is 6.54 Å². The van der Waals surface area contributed by atoms with Crippen LogP contribution in [0.3, 0.4) is 0 Å². The van der Waals surface area contributed by atoms with Crippen LogP contribution in [0.25, 0.3) is 0 Å². The molecule has 0 fully saturated rings. The van der Waals surface area contributed by atoms with Crippen LogP contribution >= 0.6 is 0 Å². The number of rotatable bonds is 7. The molecule has 0 saturated carbocycles. The number of sulfonamides is 1. The largest absolute Gasteiger partial charge is 0.497 e. The Balaban J connectivity index is 2.67. The molecule has 1 rings (SSSR count). The first-order valence-electron chi connectivity index (χ1n) is 6.13. The van der Waals surface area contributed by atoms with E-state index in [9.17, 15) is 8.42 Å². The highest BCUT2D eigenvalue weighted by Gasteiger charge is 2.14. The second-order valence-corrected chi connectivity index (χ2v) is 6.19. The maximum absolute atomic E-state index is 12.0. The third kappa shape index (κ3) is 4.31. The molecule has 0 saturated heterocycles. The molecule has 1 atom stereocenters. The molecule has 0 spiro atoms. The predicted octanol–water partition coefficient (Wildman–Crippen LogP) is 2.41. The lowest BCUT2D eigenvalue weighted by molar-refractivity contribution is 0.414. The molecule has 0 aliphatic carbocycles. The second kappa shape index (κ2) is 6.75. The Bertz CT molecular complexity index is 454. The Morgan fingerprint density at radius 3 is 2.39 bits per heavy atom. The molecule has 1 aromatic carbocycles. The minimum Gasteiger partial charge on any atom is -0.497 e. The molecule has 0 bridgehead atoms. The van der Waals surface area contributed by atoms with Crippen LogP contribution in [0.5, 0.6) is 5.75 Å². The molecule has 0 heterocycles. The number of ether oxygens (including phenoxy) is 1. The van der Waals surface area contributed by atoms with Crippen LogP contribution in [-0.4, -0.2) is 22.1 Å². The van der Waals surface area contributed by atoms with Gasteiger partial charge in [0.25, 0.3) is 0 Å². The summed E-state index contributed by atoms with van der Waals surface area (Å²) >= 11 is 0. The molecule has 1 aromatic rings. The minimum absolute atomic E-state index is 0.270. The summed E-state index contributed by atoms with van der Waals surface area (Å²) in [5.41, 5.74) is 0. The Hall–Kier alpha value is -1.07. The highest BCUT2D eigenvalue weighted by Crippen LogP contribution is 2.15. The summed E-state index contributed by atoms with van der Waals surface area (Å²) in [6, 6.07) is 6.38. The molecule has 5 heteroatoms. The SMILES string of the molecule is CCCC(C)CNS(=O)(=O)c1ccc(OC)cc1. The van der Waals surface area contributed by atoms with E-state index < -0.39 is 10.0 Å². The number of benzene rings is 1. The predicted molar refractivity (Wildman–Crippen MR) is 72.3 cm³/mol. The summed E-state index contributed by atoms with van der Waals surface area (Å²) < 4.78 is 31.6. The van der Waals surface area contributed by atoms with Gasteiger partial charge in [-0.2, -0.15) is 0 Å². The monoisotopic (exact) mass is 271 g/mol. The van der Waals surface area contributed by atoms with Crippen LogP contribution in [0.2, 0.25) is 0 Å². The third-order valence-corrected chi connectivity index (χ3v) is 4.21. The van der Waals surface area contributed by atoms with Gasteiger partial charge in [-0.15, -0.1) is 0 Å². The van der Waals surface area contributed by atoms with Gasteiger partial charge in [0.2, 0.25) is 10.0 Å². The molecule has 0 aliphatic rings. The van der Waals surface area contributed by atoms with E-state index in [1.54, 1.807) is 31.4 Å². The smallest absolute Gasteiger partial charge is 0.240 e. The van der Waals surface area contributed by atoms with Crippen LogP contribution in [0.1, 0.15) is 26.7 Å². The molecule has 1 N–H and O–H groups in total. The highest BCUT2D eigenvalue weighted by molar-refractivity contribution is 7.89. The number of hydrogen-bond acceptors (Lipinski definition) is 3. The summed E-state index contributed by atoms with van der Waals surface area (Å²) in [5.74, 6) is 0.997. The summed E-state index contributed by atoms with van der Waals surface area (Å²) in [6.07, 6.45) is 2.08. The van der Waals surface area contributed by atoms with Crippen molar-refractivity contribution < 1.29 is 13.2 Å². The molecule has 0 radical (unpaired) electrons. The summed E-state index contributed by atoms with van der Waals surface area (Å²) in [7, 11) is -1.85. The summed E-state index contributed by atoms with van der Waals surface area (Å²) in [6.45, 7) is 4.61. The number of methoxy groups -OCH3 is 1. The average Bonchev–Trinajstić information content (AvgIpc) is 2.37. The lowest BCUT2D eigenvalue weighted by Crippen LogP contribution is -2.28. The molecular weight excluding hydrogens is 250 g/mol. The van der Waals surface area contributed by atoms with E-state index in [0.29, 0.717) is 18.2 Å². The van der Waals surface area contributed by atoms with E-state index in [0.717, 1.165) is 12.8 Å². The van der Waals surface area contributed by atoms with Crippen molar-refractivity contribution in [2.45, 2.75) is 31.6 Å². The first kappa shape index (κ1) is 15.0. The zero-order chi connectivity index (χ0) is 13.6. The molecule has 18 heavy (non-hydrogen) atoms. The fraction of sp³-hybridized carbons (Fsp3) is 0.538. The zero-order valence-electron chi connectivity index (χ0n) is 11.1. The number of hydrogen-bond donors (Lipinski definition) is 1. The standard InChI is InChI=1S/C13H21NO3S/c1-4-5-11(2)10-14-18(15,16)13-8-6-12(17-3)7-9-13/h6-9,11,14H,4-5,10H2,1-3H3. The van der Waals surface area contributed by atoms with E-state index in [-0.39, 0.29) is 4.90 Å². The van der Waals surface area contributed by atoms with Crippen LogP contribution in [-0.2, 0) is 10.0 Å². The van der Waals surface area contributed by atoms with Crippen molar-refractivity contribution in [3.63, 3.8) is 0 Å². The van der Waals surface area contributed by atoms with Gasteiger partial charge in [-0.05, 0) is 36.6 Å². The van der Waals surface area contributed by atoms with Crippen molar-refractivity contribution in [3.8, 4) is 5.75 Å². The lowest BCUT2D eigenvalue weighted by Gasteiger charge is -2.12. The van der Waals surface area contributed by atoms with Crippen molar-refractivity contribution >= 4 is 10.0 Å². The van der Waals surface area contributed by atoms with E-state index in [4.69, 9.17) is 4.74 Å². The van der Waals surface area contributed by atoms with E-state index >= 15 is 0 Å². The van der Waals surface area contributed by atoms with E-state index in [1.807, 2.05) is 6.92 Å².